The molecular weight excluding hydrogens is 274 g/mol. The van der Waals surface area contributed by atoms with Crippen LogP contribution in [0.2, 0.25) is 0 Å². The third-order valence-electron chi connectivity index (χ3n) is 4.48. The Balaban J connectivity index is 1.49. The zero-order chi connectivity index (χ0) is 15.0. The number of amides is 1. The van der Waals surface area contributed by atoms with Crippen LogP contribution in [0.4, 0.5) is 0 Å². The molecule has 4 rings (SSSR count). The lowest BCUT2D eigenvalue weighted by Gasteiger charge is -2.15. The second-order valence-electron chi connectivity index (χ2n) is 5.98. The maximum atomic E-state index is 12.3. The molecule has 1 amide bonds. The molecule has 22 heavy (non-hydrogen) atoms. The second-order valence-corrected chi connectivity index (χ2v) is 5.98. The minimum Gasteiger partial charge on any atom is -0.451 e. The van der Waals surface area contributed by atoms with Crippen LogP contribution in [0.25, 0.3) is 11.0 Å². The quantitative estimate of drug-likeness (QED) is 0.792. The molecule has 1 fully saturated rings. The lowest BCUT2D eigenvalue weighted by Crippen LogP contribution is -2.32. The molecule has 1 aliphatic rings. The number of hydrogen-bond donors (Lipinski definition) is 1. The van der Waals surface area contributed by atoms with Crippen molar-refractivity contribution in [3.05, 3.63) is 72.0 Å². The number of carbonyl (C=O) groups is 1. The van der Waals surface area contributed by atoms with Crippen LogP contribution in [0, 0.1) is 0 Å². The largest absolute Gasteiger partial charge is 0.451 e. The van der Waals surface area contributed by atoms with Gasteiger partial charge in [-0.05, 0) is 30.5 Å². The molecule has 0 atom stereocenters. The van der Waals surface area contributed by atoms with Crippen molar-refractivity contribution < 1.29 is 9.21 Å². The van der Waals surface area contributed by atoms with E-state index in [-0.39, 0.29) is 11.3 Å². The zero-order valence-corrected chi connectivity index (χ0v) is 12.2. The monoisotopic (exact) mass is 291 g/mol. The molecule has 0 unspecified atom stereocenters. The van der Waals surface area contributed by atoms with E-state index in [1.54, 1.807) is 6.07 Å². The van der Waals surface area contributed by atoms with Crippen LogP contribution >= 0.6 is 0 Å². The van der Waals surface area contributed by atoms with Crippen molar-refractivity contribution in [3.8, 4) is 0 Å². The summed E-state index contributed by atoms with van der Waals surface area (Å²) in [5, 5.41) is 3.98. The van der Waals surface area contributed by atoms with Crippen LogP contribution < -0.4 is 5.32 Å². The van der Waals surface area contributed by atoms with Crippen molar-refractivity contribution in [3.63, 3.8) is 0 Å². The van der Waals surface area contributed by atoms with E-state index in [9.17, 15) is 4.79 Å². The van der Waals surface area contributed by atoms with Gasteiger partial charge in [0.25, 0.3) is 5.91 Å². The number of nitrogens with one attached hydrogen (secondary N) is 1. The Kier molecular flexibility index (Phi) is 3.00. The number of carbonyl (C=O) groups excluding carboxylic acids is 1. The number of furan rings is 1. The van der Waals surface area contributed by atoms with E-state index in [0.717, 1.165) is 23.8 Å². The maximum absolute atomic E-state index is 12.3. The molecule has 1 heterocycles. The first-order chi connectivity index (χ1) is 10.8. The van der Waals surface area contributed by atoms with E-state index in [1.165, 1.54) is 5.56 Å². The minimum absolute atomic E-state index is 0.114. The summed E-state index contributed by atoms with van der Waals surface area (Å²) in [5.41, 5.74) is 2.17. The van der Waals surface area contributed by atoms with Crippen LogP contribution in [-0.2, 0) is 5.41 Å². The predicted molar refractivity (Wildman–Crippen MR) is 85.9 cm³/mol. The van der Waals surface area contributed by atoms with Crippen LogP contribution in [0.15, 0.2) is 65.1 Å². The fraction of sp³-hybridized carbons (Fsp3) is 0.211. The predicted octanol–water partition coefficient (Wildman–Crippen LogP) is 3.89. The van der Waals surface area contributed by atoms with E-state index in [2.05, 4.69) is 29.6 Å². The maximum Gasteiger partial charge on any atom is 0.287 e. The van der Waals surface area contributed by atoms with Gasteiger partial charge in [0, 0.05) is 17.3 Å². The van der Waals surface area contributed by atoms with Crippen molar-refractivity contribution in [2.24, 2.45) is 0 Å². The molecule has 0 spiro atoms. The molecule has 0 aliphatic heterocycles. The van der Waals surface area contributed by atoms with Crippen molar-refractivity contribution in [2.45, 2.75) is 18.3 Å². The molecular formula is C19H17NO2. The average Bonchev–Trinajstić information content (AvgIpc) is 3.24. The molecule has 3 aromatic rings. The van der Waals surface area contributed by atoms with Gasteiger partial charge < -0.3 is 9.73 Å². The van der Waals surface area contributed by atoms with E-state index in [0.29, 0.717) is 12.3 Å². The summed E-state index contributed by atoms with van der Waals surface area (Å²) in [4.78, 5) is 12.3. The third-order valence-corrected chi connectivity index (χ3v) is 4.48. The van der Waals surface area contributed by atoms with Gasteiger partial charge in [-0.3, -0.25) is 4.79 Å². The first-order valence-corrected chi connectivity index (χ1v) is 7.59. The van der Waals surface area contributed by atoms with Crippen molar-refractivity contribution >= 4 is 16.9 Å². The normalized spacial score (nSPS) is 15.6. The van der Waals surface area contributed by atoms with E-state index in [1.807, 2.05) is 30.3 Å². The topological polar surface area (TPSA) is 42.2 Å². The third kappa shape index (κ3) is 2.29. The Bertz CT molecular complexity index is 783. The van der Waals surface area contributed by atoms with Gasteiger partial charge in [0.2, 0.25) is 0 Å². The van der Waals surface area contributed by atoms with Crippen molar-refractivity contribution in [1.82, 2.24) is 5.32 Å². The van der Waals surface area contributed by atoms with Gasteiger partial charge in [0.05, 0.1) is 0 Å². The first kappa shape index (κ1) is 13.1. The zero-order valence-electron chi connectivity index (χ0n) is 12.2. The van der Waals surface area contributed by atoms with Crippen LogP contribution in [0.3, 0.4) is 0 Å². The molecule has 3 heteroatoms. The van der Waals surface area contributed by atoms with Gasteiger partial charge in [-0.25, -0.2) is 0 Å². The molecule has 0 bridgehead atoms. The van der Waals surface area contributed by atoms with Gasteiger partial charge in [-0.1, -0.05) is 48.5 Å². The Morgan fingerprint density at radius 2 is 1.77 bits per heavy atom. The second kappa shape index (κ2) is 5.02. The van der Waals surface area contributed by atoms with Gasteiger partial charge in [-0.15, -0.1) is 0 Å². The Hall–Kier alpha value is -2.55. The molecule has 0 saturated heterocycles. The molecule has 110 valence electrons. The lowest BCUT2D eigenvalue weighted by molar-refractivity contribution is 0.0924. The highest BCUT2D eigenvalue weighted by atomic mass is 16.3. The molecule has 1 aromatic heterocycles. The molecule has 1 N–H and O–H groups in total. The smallest absolute Gasteiger partial charge is 0.287 e. The average molecular weight is 291 g/mol. The van der Waals surface area contributed by atoms with E-state index in [4.69, 9.17) is 4.42 Å². The summed E-state index contributed by atoms with van der Waals surface area (Å²) in [7, 11) is 0. The summed E-state index contributed by atoms with van der Waals surface area (Å²) < 4.78 is 5.61. The summed E-state index contributed by atoms with van der Waals surface area (Å²) in [6.07, 6.45) is 2.24. The van der Waals surface area contributed by atoms with Crippen LogP contribution in [0.1, 0.15) is 29.0 Å². The minimum atomic E-state index is -0.140. The Morgan fingerprint density at radius 3 is 2.50 bits per heavy atom. The van der Waals surface area contributed by atoms with Gasteiger partial charge in [-0.2, -0.15) is 0 Å². The van der Waals surface area contributed by atoms with Crippen LogP contribution in [-0.4, -0.2) is 12.5 Å². The standard InChI is InChI=1S/C19H17NO2/c21-18(17-12-14-6-4-5-9-16(14)22-17)20-13-19(10-11-19)15-7-2-1-3-8-15/h1-9,12H,10-11,13H2,(H,20,21). The number of rotatable bonds is 4. The summed E-state index contributed by atoms with van der Waals surface area (Å²) in [5.74, 6) is 0.239. The Morgan fingerprint density at radius 1 is 1.05 bits per heavy atom. The molecule has 1 aliphatic carbocycles. The van der Waals surface area contributed by atoms with E-state index >= 15 is 0 Å². The fourth-order valence-electron chi connectivity index (χ4n) is 2.94. The van der Waals surface area contributed by atoms with Gasteiger partial charge >= 0.3 is 0 Å². The molecule has 0 radical (unpaired) electrons. The summed E-state index contributed by atoms with van der Waals surface area (Å²) >= 11 is 0. The number of benzene rings is 2. The number of hydrogen-bond acceptors (Lipinski definition) is 2. The summed E-state index contributed by atoms with van der Waals surface area (Å²) in [6.45, 7) is 0.660. The number of para-hydroxylation sites is 1. The van der Waals surface area contributed by atoms with Crippen molar-refractivity contribution in [2.75, 3.05) is 6.54 Å². The highest BCUT2D eigenvalue weighted by Gasteiger charge is 2.44. The first-order valence-electron chi connectivity index (χ1n) is 7.59. The highest BCUT2D eigenvalue weighted by Crippen LogP contribution is 2.47. The molecule has 2 aromatic carbocycles. The van der Waals surface area contributed by atoms with E-state index < -0.39 is 0 Å². The molecule has 3 nitrogen and oxygen atoms in total. The summed E-state index contributed by atoms with van der Waals surface area (Å²) in [6, 6.07) is 19.9. The SMILES string of the molecule is O=C(NCC1(c2ccccc2)CC1)c1cc2ccccc2o1. The fourth-order valence-corrected chi connectivity index (χ4v) is 2.94. The molecule has 1 saturated carbocycles. The van der Waals surface area contributed by atoms with Gasteiger partial charge in [0.1, 0.15) is 5.58 Å². The highest BCUT2D eigenvalue weighted by molar-refractivity contribution is 5.96. The number of fused-ring (bicyclic) bond motifs is 1. The van der Waals surface area contributed by atoms with Gasteiger partial charge in [0.15, 0.2) is 5.76 Å². The lowest BCUT2D eigenvalue weighted by atomic mass is 9.96. The Labute approximate surface area is 128 Å². The van der Waals surface area contributed by atoms with Crippen molar-refractivity contribution in [1.29, 1.82) is 0 Å². The van der Waals surface area contributed by atoms with Crippen LogP contribution in [0.5, 0.6) is 0 Å².